The number of aliphatic hydroxyl groups is 1. The summed E-state index contributed by atoms with van der Waals surface area (Å²) in [6.45, 7) is 9.16. The first-order valence-electron chi connectivity index (χ1n) is 14.1. The molecule has 0 aromatic carbocycles. The lowest BCUT2D eigenvalue weighted by Crippen LogP contribution is -2.57. The third-order valence-electron chi connectivity index (χ3n) is 8.88. The van der Waals surface area contributed by atoms with Gasteiger partial charge in [-0.2, -0.15) is 10.2 Å². The molecule has 3 aliphatic rings. The number of pyridine rings is 1. The summed E-state index contributed by atoms with van der Waals surface area (Å²) in [5, 5.41) is 26.9. The Hall–Kier alpha value is -3.25. The first-order chi connectivity index (χ1) is 18.9. The topological polar surface area (TPSA) is 124 Å². The van der Waals surface area contributed by atoms with Crippen LogP contribution in [-0.4, -0.2) is 90.7 Å². The first kappa shape index (κ1) is 26.9. The molecule has 1 atom stereocenters. The number of nitrogens with zero attached hydrogens (tertiary/aromatic N) is 6. The van der Waals surface area contributed by atoms with Crippen molar-refractivity contribution in [3.05, 3.63) is 18.5 Å². The fraction of sp³-hybridized carbons (Fsp3) is 0.643. The minimum absolute atomic E-state index is 0.0842. The van der Waals surface area contributed by atoms with Crippen molar-refractivity contribution in [2.24, 2.45) is 5.92 Å². The molecule has 1 aliphatic carbocycles. The predicted molar refractivity (Wildman–Crippen MR) is 150 cm³/mol. The molecule has 0 unspecified atom stereocenters. The molecule has 3 aromatic rings. The van der Waals surface area contributed by atoms with Crippen LogP contribution in [0.4, 0.5) is 20.7 Å². The van der Waals surface area contributed by atoms with E-state index in [9.17, 15) is 14.3 Å². The van der Waals surface area contributed by atoms with E-state index in [0.29, 0.717) is 49.6 Å². The molecule has 3 fully saturated rings. The van der Waals surface area contributed by atoms with E-state index in [0.717, 1.165) is 29.6 Å². The number of rotatable bonds is 7. The van der Waals surface area contributed by atoms with Crippen molar-refractivity contribution in [1.29, 1.82) is 0 Å². The number of nitrogens with one attached hydrogen (secondary N) is 2. The van der Waals surface area contributed by atoms with Crippen LogP contribution in [0, 0.1) is 5.92 Å². The van der Waals surface area contributed by atoms with Gasteiger partial charge >= 0.3 is 6.03 Å². The molecule has 3 N–H and O–H groups in total. The Labute approximate surface area is 233 Å². The number of carbonyl (C=O) groups excluding carboxylic acids is 1. The normalized spacial score (nSPS) is 22.8. The summed E-state index contributed by atoms with van der Waals surface area (Å²) in [6, 6.07) is 1.66. The van der Waals surface area contributed by atoms with Crippen molar-refractivity contribution in [3.63, 3.8) is 0 Å². The van der Waals surface area contributed by atoms with Gasteiger partial charge in [-0.1, -0.05) is 13.8 Å². The van der Waals surface area contributed by atoms with Crippen molar-refractivity contribution in [2.45, 2.75) is 82.8 Å². The highest BCUT2D eigenvalue weighted by Gasteiger charge is 2.58. The molecule has 2 saturated heterocycles. The standard InChI is InChI=1S/C28H39FN8O3/c1-17(2)28(39)8-9-36(27(15-28)6-7-27)25(38)32-21-12-31-33-23(21)20-10-22-19(11-30-20)24(35-13-18(14-35)40-5)34-37(22)16-26(3,4)29/h10-12,17-18,39H,6-9,13-16H2,1-5H3,(H,31,33)(H,32,38)/t28-/m1/s1. The maximum atomic E-state index is 14.7. The number of likely N-dealkylation sites (tertiary alicyclic amines) is 1. The lowest BCUT2D eigenvalue weighted by molar-refractivity contribution is -0.0728. The Morgan fingerprint density at radius 3 is 2.70 bits per heavy atom. The molecule has 2 aliphatic heterocycles. The quantitative estimate of drug-likeness (QED) is 0.404. The van der Waals surface area contributed by atoms with Crippen molar-refractivity contribution < 1.29 is 19.0 Å². The van der Waals surface area contributed by atoms with E-state index in [1.54, 1.807) is 24.2 Å². The zero-order chi connectivity index (χ0) is 28.4. The number of piperidine rings is 1. The monoisotopic (exact) mass is 554 g/mol. The van der Waals surface area contributed by atoms with Crippen LogP contribution in [0.25, 0.3) is 22.3 Å². The molecule has 5 heterocycles. The third-order valence-corrected chi connectivity index (χ3v) is 8.88. The summed E-state index contributed by atoms with van der Waals surface area (Å²) in [7, 11) is 1.69. The average molecular weight is 555 g/mol. The number of ether oxygens (including phenoxy) is 1. The smallest absolute Gasteiger partial charge is 0.322 e. The second-order valence-corrected chi connectivity index (χ2v) is 12.7. The second kappa shape index (κ2) is 9.41. The summed E-state index contributed by atoms with van der Waals surface area (Å²) in [5.41, 5.74) is -0.108. The fourth-order valence-corrected chi connectivity index (χ4v) is 6.12. The molecule has 11 nitrogen and oxygen atoms in total. The maximum Gasteiger partial charge on any atom is 0.322 e. The number of carbonyl (C=O) groups is 1. The lowest BCUT2D eigenvalue weighted by Gasteiger charge is -2.46. The van der Waals surface area contributed by atoms with Gasteiger partial charge in [0.25, 0.3) is 0 Å². The van der Waals surface area contributed by atoms with Crippen LogP contribution in [0.1, 0.15) is 53.4 Å². The number of hydrogen-bond donors (Lipinski definition) is 3. The highest BCUT2D eigenvalue weighted by Crippen LogP contribution is 2.53. The van der Waals surface area contributed by atoms with Gasteiger partial charge < -0.3 is 25.0 Å². The van der Waals surface area contributed by atoms with E-state index in [2.05, 4.69) is 25.4 Å². The number of hydrogen-bond acceptors (Lipinski definition) is 7. The molecule has 40 heavy (non-hydrogen) atoms. The van der Waals surface area contributed by atoms with Gasteiger partial charge in [0.2, 0.25) is 0 Å². The number of H-pyrrole nitrogens is 1. The Kier molecular flexibility index (Phi) is 6.34. The van der Waals surface area contributed by atoms with E-state index < -0.39 is 11.3 Å². The van der Waals surface area contributed by atoms with Crippen LogP contribution in [0.5, 0.6) is 0 Å². The molecule has 1 spiro atoms. The molecule has 216 valence electrons. The Balaban J connectivity index is 1.27. The number of fused-ring (bicyclic) bond motifs is 1. The second-order valence-electron chi connectivity index (χ2n) is 12.7. The largest absolute Gasteiger partial charge is 0.389 e. The van der Waals surface area contributed by atoms with Gasteiger partial charge in [-0.3, -0.25) is 14.8 Å². The molecule has 2 amide bonds. The minimum Gasteiger partial charge on any atom is -0.389 e. The lowest BCUT2D eigenvalue weighted by atomic mass is 9.77. The van der Waals surface area contributed by atoms with Crippen molar-refractivity contribution in [3.8, 4) is 11.4 Å². The molecule has 3 aromatic heterocycles. The van der Waals surface area contributed by atoms with Crippen LogP contribution in [0.15, 0.2) is 18.5 Å². The number of alkyl halides is 1. The van der Waals surface area contributed by atoms with E-state index in [4.69, 9.17) is 9.84 Å². The van der Waals surface area contributed by atoms with Crippen LogP contribution in [-0.2, 0) is 11.3 Å². The van der Waals surface area contributed by atoms with Crippen LogP contribution >= 0.6 is 0 Å². The van der Waals surface area contributed by atoms with Gasteiger partial charge in [-0.25, -0.2) is 9.18 Å². The zero-order valence-corrected chi connectivity index (χ0v) is 23.9. The Morgan fingerprint density at radius 1 is 1.30 bits per heavy atom. The number of amides is 2. The SMILES string of the molecule is COC1CN(c2nn(CC(C)(C)F)c3cc(-c4[nH]ncc4NC(=O)N4CC[C@](O)(C(C)C)CC45CC5)ncc23)C1. The minimum atomic E-state index is -1.47. The number of anilines is 2. The van der Waals surface area contributed by atoms with Crippen molar-refractivity contribution >= 4 is 28.4 Å². The average Bonchev–Trinajstić information content (AvgIpc) is 3.29. The molecule has 0 radical (unpaired) electrons. The van der Waals surface area contributed by atoms with Gasteiger partial charge in [0.05, 0.1) is 46.7 Å². The van der Waals surface area contributed by atoms with E-state index >= 15 is 0 Å². The van der Waals surface area contributed by atoms with E-state index in [1.165, 1.54) is 13.8 Å². The van der Waals surface area contributed by atoms with Crippen LogP contribution in [0.3, 0.4) is 0 Å². The molecule has 0 bridgehead atoms. The summed E-state index contributed by atoms with van der Waals surface area (Å²) in [6.07, 6.45) is 6.41. The number of methoxy groups -OCH3 is 1. The van der Waals surface area contributed by atoms with Gasteiger partial charge in [-0.05, 0) is 51.5 Å². The number of aromatic amines is 1. The van der Waals surface area contributed by atoms with Gasteiger partial charge in [-0.15, -0.1) is 0 Å². The number of aromatic nitrogens is 5. The summed E-state index contributed by atoms with van der Waals surface area (Å²) < 4.78 is 21.9. The van der Waals surface area contributed by atoms with Crippen LogP contribution in [0.2, 0.25) is 0 Å². The third kappa shape index (κ3) is 4.70. The predicted octanol–water partition coefficient (Wildman–Crippen LogP) is 3.95. The van der Waals surface area contributed by atoms with E-state index in [1.807, 2.05) is 24.8 Å². The molecular formula is C28H39FN8O3. The Morgan fingerprint density at radius 2 is 2.05 bits per heavy atom. The summed E-state index contributed by atoms with van der Waals surface area (Å²) in [4.78, 5) is 22.1. The number of halogens is 1. The van der Waals surface area contributed by atoms with Gasteiger partial charge in [0.15, 0.2) is 5.82 Å². The maximum absolute atomic E-state index is 14.7. The Bertz CT molecular complexity index is 1420. The molecule has 6 rings (SSSR count). The highest BCUT2D eigenvalue weighted by atomic mass is 19.1. The van der Waals surface area contributed by atoms with Gasteiger partial charge in [0, 0.05) is 38.5 Å². The van der Waals surface area contributed by atoms with Crippen molar-refractivity contribution in [2.75, 3.05) is 37.0 Å². The highest BCUT2D eigenvalue weighted by molar-refractivity contribution is 5.96. The first-order valence-corrected chi connectivity index (χ1v) is 14.1. The van der Waals surface area contributed by atoms with Gasteiger partial charge in [0.1, 0.15) is 11.4 Å². The summed E-state index contributed by atoms with van der Waals surface area (Å²) in [5.74, 6) is 0.891. The molecule has 1 saturated carbocycles. The zero-order valence-electron chi connectivity index (χ0n) is 23.9. The number of urea groups is 1. The van der Waals surface area contributed by atoms with Crippen molar-refractivity contribution in [1.82, 2.24) is 29.9 Å². The molecule has 12 heteroatoms. The van der Waals surface area contributed by atoms with Crippen LogP contribution < -0.4 is 10.2 Å². The molecular weight excluding hydrogens is 515 g/mol. The summed E-state index contributed by atoms with van der Waals surface area (Å²) >= 11 is 0. The fourth-order valence-electron chi connectivity index (χ4n) is 6.12. The van der Waals surface area contributed by atoms with E-state index in [-0.39, 0.29) is 30.1 Å².